The Morgan fingerprint density at radius 2 is 1.87 bits per heavy atom. The van der Waals surface area contributed by atoms with Crippen molar-refractivity contribution in [2.75, 3.05) is 0 Å². The molecule has 0 fully saturated rings. The second kappa shape index (κ2) is 6.81. The van der Waals surface area contributed by atoms with Gasteiger partial charge in [0.25, 0.3) is 5.88 Å². The maximum atomic E-state index is 12.4. The molecule has 0 radical (unpaired) electrons. The van der Waals surface area contributed by atoms with E-state index in [1.807, 2.05) is 51.1 Å². The molecule has 0 aliphatic carbocycles. The molecule has 1 heterocycles. The standard InChI is InChI=1S/C17H23N3O3/c1-12(2)23-16(21)14-15(18-19-20(14)17(3,4)5)22-11-13-9-7-6-8-10-13/h6-10,12H,11H2,1-5H3. The van der Waals surface area contributed by atoms with Gasteiger partial charge in [0.05, 0.1) is 11.6 Å². The number of rotatable bonds is 5. The van der Waals surface area contributed by atoms with E-state index in [1.165, 1.54) is 4.68 Å². The van der Waals surface area contributed by atoms with Gasteiger partial charge in [0.2, 0.25) is 5.69 Å². The average Bonchev–Trinajstić information content (AvgIpc) is 2.89. The monoisotopic (exact) mass is 317 g/mol. The van der Waals surface area contributed by atoms with E-state index in [2.05, 4.69) is 10.3 Å². The van der Waals surface area contributed by atoms with Crippen molar-refractivity contribution < 1.29 is 14.3 Å². The van der Waals surface area contributed by atoms with Crippen LogP contribution < -0.4 is 4.74 Å². The Morgan fingerprint density at radius 3 is 2.43 bits per heavy atom. The quantitative estimate of drug-likeness (QED) is 0.792. The molecule has 2 aromatic rings. The van der Waals surface area contributed by atoms with Crippen LogP contribution in [-0.2, 0) is 16.9 Å². The molecule has 124 valence electrons. The number of carbonyl (C=O) groups is 1. The third kappa shape index (κ3) is 4.31. The minimum absolute atomic E-state index is 0.189. The number of benzene rings is 1. The molecule has 6 nitrogen and oxygen atoms in total. The Balaban J connectivity index is 2.28. The molecule has 0 N–H and O–H groups in total. The van der Waals surface area contributed by atoms with Gasteiger partial charge in [0, 0.05) is 0 Å². The number of hydrogen-bond donors (Lipinski definition) is 0. The highest BCUT2D eigenvalue weighted by Gasteiger charge is 2.30. The molecule has 0 aliphatic heterocycles. The first-order valence-corrected chi connectivity index (χ1v) is 7.63. The van der Waals surface area contributed by atoms with Gasteiger partial charge in [-0.1, -0.05) is 40.6 Å². The van der Waals surface area contributed by atoms with Crippen LogP contribution in [0.15, 0.2) is 30.3 Å². The van der Waals surface area contributed by atoms with E-state index in [9.17, 15) is 4.79 Å². The van der Waals surface area contributed by atoms with Crippen molar-refractivity contribution >= 4 is 5.97 Å². The molecule has 0 saturated carbocycles. The summed E-state index contributed by atoms with van der Waals surface area (Å²) in [5, 5.41) is 8.08. The minimum atomic E-state index is -0.483. The summed E-state index contributed by atoms with van der Waals surface area (Å²) in [5.41, 5.74) is 0.815. The van der Waals surface area contributed by atoms with Crippen molar-refractivity contribution in [3.05, 3.63) is 41.6 Å². The first-order valence-electron chi connectivity index (χ1n) is 7.63. The Morgan fingerprint density at radius 1 is 1.22 bits per heavy atom. The van der Waals surface area contributed by atoms with Crippen LogP contribution in [0.1, 0.15) is 50.7 Å². The zero-order chi connectivity index (χ0) is 17.0. The molecule has 0 spiro atoms. The predicted molar refractivity (Wildman–Crippen MR) is 86.3 cm³/mol. The molecule has 0 amide bonds. The lowest BCUT2D eigenvalue weighted by atomic mass is 10.1. The summed E-state index contributed by atoms with van der Waals surface area (Å²) in [4.78, 5) is 12.4. The van der Waals surface area contributed by atoms with E-state index in [1.54, 1.807) is 13.8 Å². The summed E-state index contributed by atoms with van der Waals surface area (Å²) in [7, 11) is 0. The number of nitrogens with zero attached hydrogens (tertiary/aromatic N) is 3. The Hall–Kier alpha value is -2.37. The van der Waals surface area contributed by atoms with Gasteiger partial charge < -0.3 is 9.47 Å². The van der Waals surface area contributed by atoms with Gasteiger partial charge in [-0.25, -0.2) is 9.48 Å². The number of aromatic nitrogens is 3. The molecule has 1 aromatic heterocycles. The molecular formula is C17H23N3O3. The van der Waals surface area contributed by atoms with Crippen molar-refractivity contribution in [2.45, 2.75) is 52.9 Å². The van der Waals surface area contributed by atoms with Crippen molar-refractivity contribution in [3.8, 4) is 5.88 Å². The fourth-order valence-corrected chi connectivity index (χ4v) is 2.00. The lowest BCUT2D eigenvalue weighted by molar-refractivity contribution is 0.0350. The van der Waals surface area contributed by atoms with E-state index in [4.69, 9.17) is 9.47 Å². The first kappa shape index (κ1) is 17.0. The van der Waals surface area contributed by atoms with Crippen LogP contribution in [0.25, 0.3) is 0 Å². The Bertz CT molecular complexity index is 657. The highest BCUT2D eigenvalue weighted by molar-refractivity contribution is 5.90. The number of esters is 1. The van der Waals surface area contributed by atoms with E-state index in [0.717, 1.165) is 5.56 Å². The van der Waals surface area contributed by atoms with Crippen molar-refractivity contribution in [1.29, 1.82) is 0 Å². The van der Waals surface area contributed by atoms with Gasteiger partial charge in [-0.3, -0.25) is 0 Å². The van der Waals surface area contributed by atoms with E-state index in [-0.39, 0.29) is 17.7 Å². The smallest absolute Gasteiger partial charge is 0.362 e. The van der Waals surface area contributed by atoms with Crippen LogP contribution in [0.2, 0.25) is 0 Å². The van der Waals surface area contributed by atoms with Crippen LogP contribution >= 0.6 is 0 Å². The molecule has 1 aromatic carbocycles. The SMILES string of the molecule is CC(C)OC(=O)c1c(OCc2ccccc2)nnn1C(C)(C)C. The minimum Gasteiger partial charge on any atom is -0.470 e. The molecule has 0 bridgehead atoms. The third-order valence-corrected chi connectivity index (χ3v) is 3.03. The number of ether oxygens (including phenoxy) is 2. The largest absolute Gasteiger partial charge is 0.470 e. The normalized spacial score (nSPS) is 11.6. The van der Waals surface area contributed by atoms with Gasteiger partial charge in [0.1, 0.15) is 6.61 Å². The summed E-state index contributed by atoms with van der Waals surface area (Å²) in [6, 6.07) is 9.68. The lowest BCUT2D eigenvalue weighted by Crippen LogP contribution is -2.28. The highest BCUT2D eigenvalue weighted by atomic mass is 16.5. The van der Waals surface area contributed by atoms with Gasteiger partial charge >= 0.3 is 5.97 Å². The summed E-state index contributed by atoms with van der Waals surface area (Å²) >= 11 is 0. The van der Waals surface area contributed by atoms with Crippen molar-refractivity contribution in [2.24, 2.45) is 0 Å². The van der Waals surface area contributed by atoms with Crippen molar-refractivity contribution in [1.82, 2.24) is 15.0 Å². The van der Waals surface area contributed by atoms with Gasteiger partial charge in [-0.2, -0.15) is 0 Å². The van der Waals surface area contributed by atoms with Crippen LogP contribution in [-0.4, -0.2) is 27.1 Å². The van der Waals surface area contributed by atoms with Gasteiger partial charge in [-0.05, 0) is 40.2 Å². The zero-order valence-electron chi connectivity index (χ0n) is 14.2. The number of hydrogen-bond acceptors (Lipinski definition) is 5. The van der Waals surface area contributed by atoms with E-state index in [0.29, 0.717) is 6.61 Å². The maximum absolute atomic E-state index is 12.4. The molecule has 0 aliphatic rings. The Labute approximate surface area is 136 Å². The molecule has 0 atom stereocenters. The van der Waals surface area contributed by atoms with E-state index < -0.39 is 11.5 Å². The molecule has 2 rings (SSSR count). The third-order valence-electron chi connectivity index (χ3n) is 3.03. The lowest BCUT2D eigenvalue weighted by Gasteiger charge is -2.21. The number of carbonyl (C=O) groups excluding carboxylic acids is 1. The van der Waals surface area contributed by atoms with Gasteiger partial charge in [0.15, 0.2) is 0 Å². The fraction of sp³-hybridized carbons (Fsp3) is 0.471. The topological polar surface area (TPSA) is 66.2 Å². The summed E-state index contributed by atoms with van der Waals surface area (Å²) in [6.07, 6.45) is -0.229. The molecule has 6 heteroatoms. The molecule has 0 unspecified atom stereocenters. The Kier molecular flexibility index (Phi) is 5.03. The summed E-state index contributed by atoms with van der Waals surface area (Å²) in [6.45, 7) is 9.73. The molecule has 0 saturated heterocycles. The second-order valence-electron chi connectivity index (χ2n) is 6.55. The van der Waals surface area contributed by atoms with Crippen LogP contribution in [0, 0.1) is 0 Å². The maximum Gasteiger partial charge on any atom is 0.362 e. The predicted octanol–water partition coefficient (Wildman–Crippen LogP) is 3.18. The summed E-state index contributed by atoms with van der Waals surface area (Å²) in [5.74, 6) is -0.294. The average molecular weight is 317 g/mol. The van der Waals surface area contributed by atoms with Gasteiger partial charge in [-0.15, -0.1) is 0 Å². The fourth-order valence-electron chi connectivity index (χ4n) is 2.00. The van der Waals surface area contributed by atoms with Crippen LogP contribution in [0.5, 0.6) is 5.88 Å². The van der Waals surface area contributed by atoms with Crippen LogP contribution in [0.3, 0.4) is 0 Å². The second-order valence-corrected chi connectivity index (χ2v) is 6.55. The summed E-state index contributed by atoms with van der Waals surface area (Å²) < 4.78 is 12.5. The van der Waals surface area contributed by atoms with E-state index >= 15 is 0 Å². The molecular weight excluding hydrogens is 294 g/mol. The van der Waals surface area contributed by atoms with Crippen molar-refractivity contribution in [3.63, 3.8) is 0 Å². The highest BCUT2D eigenvalue weighted by Crippen LogP contribution is 2.24. The molecule has 23 heavy (non-hydrogen) atoms. The van der Waals surface area contributed by atoms with Crippen LogP contribution in [0.4, 0.5) is 0 Å². The zero-order valence-corrected chi connectivity index (χ0v) is 14.2. The first-order chi connectivity index (χ1) is 10.8.